The van der Waals surface area contributed by atoms with Gasteiger partial charge in [-0.05, 0) is 31.0 Å². The number of aromatic nitrogens is 5. The van der Waals surface area contributed by atoms with Crippen LogP contribution in [0.4, 0.5) is 32.3 Å². The van der Waals surface area contributed by atoms with Gasteiger partial charge < -0.3 is 19.4 Å². The first-order valence-corrected chi connectivity index (χ1v) is 12.5. The highest BCUT2D eigenvalue weighted by Gasteiger charge is 2.45. The lowest BCUT2D eigenvalue weighted by Crippen LogP contribution is -2.55. The van der Waals surface area contributed by atoms with Gasteiger partial charge in [0.05, 0.1) is 50.1 Å². The molecule has 1 aliphatic heterocycles. The molecule has 216 valence electrons. The van der Waals surface area contributed by atoms with Crippen LogP contribution in [0.1, 0.15) is 12.2 Å². The van der Waals surface area contributed by atoms with Crippen molar-refractivity contribution in [2.24, 2.45) is 0 Å². The van der Waals surface area contributed by atoms with Crippen LogP contribution in [0.5, 0.6) is 5.88 Å². The maximum Gasteiger partial charge on any atom is 0.280 e. The molecule has 1 atom stereocenters. The van der Waals surface area contributed by atoms with E-state index in [4.69, 9.17) is 9.47 Å². The van der Waals surface area contributed by atoms with Gasteiger partial charge in [0.1, 0.15) is 16.9 Å². The molecule has 5 rings (SSSR count). The smallest absolute Gasteiger partial charge is 0.280 e. The number of anilines is 1. The van der Waals surface area contributed by atoms with Crippen molar-refractivity contribution in [3.63, 3.8) is 0 Å². The Hall–Kier alpha value is -3.59. The first-order chi connectivity index (χ1) is 19.0. The molecular weight excluding hydrogens is 544 g/mol. The first kappa shape index (κ1) is 28.0. The molecule has 1 aliphatic rings. The lowest BCUT2D eigenvalue weighted by Gasteiger charge is -2.38. The number of alkyl halides is 4. The first-order valence-electron chi connectivity index (χ1n) is 12.5. The topological polar surface area (TPSA) is 81.7 Å². The molecule has 40 heavy (non-hydrogen) atoms. The second-order valence-electron chi connectivity index (χ2n) is 9.59. The molecule has 0 amide bonds. The number of likely N-dealkylation sites (tertiary alicyclic amines) is 1. The lowest BCUT2D eigenvalue weighted by atomic mass is 10.0. The molecule has 15 heteroatoms. The van der Waals surface area contributed by atoms with Gasteiger partial charge in [-0.2, -0.15) is 4.98 Å². The van der Waals surface area contributed by atoms with Gasteiger partial charge in [-0.25, -0.2) is 35.8 Å². The Labute approximate surface area is 224 Å². The van der Waals surface area contributed by atoms with E-state index in [1.165, 1.54) is 27.2 Å². The van der Waals surface area contributed by atoms with Gasteiger partial charge in [0, 0.05) is 20.2 Å². The molecule has 4 heterocycles. The number of hydrogen-bond acceptors (Lipinski definition) is 7. The number of aryl methyl sites for hydroxylation is 1. The highest BCUT2D eigenvalue weighted by Crippen LogP contribution is 2.37. The second-order valence-corrected chi connectivity index (χ2v) is 9.59. The Bertz CT molecular complexity index is 1540. The fourth-order valence-corrected chi connectivity index (χ4v) is 5.06. The normalized spacial score (nSPS) is 17.8. The van der Waals surface area contributed by atoms with E-state index >= 15 is 8.78 Å². The SMILES string of the molecule is COCCN1CCC(Nc2nc(OC)c3c(-c4cc(F)c5nc(C)n(CC(F)F)c5c4)c(F)cn3n2)C(F)(F)C1. The van der Waals surface area contributed by atoms with Crippen LogP contribution in [-0.4, -0.2) is 87.9 Å². The van der Waals surface area contributed by atoms with Crippen molar-refractivity contribution in [3.05, 3.63) is 35.8 Å². The molecule has 0 radical (unpaired) electrons. The molecule has 1 N–H and O–H groups in total. The predicted octanol–water partition coefficient (Wildman–Crippen LogP) is 4.37. The summed E-state index contributed by atoms with van der Waals surface area (Å²) in [7, 11) is 2.76. The molecule has 1 unspecified atom stereocenters. The van der Waals surface area contributed by atoms with Gasteiger partial charge in [-0.3, -0.25) is 4.90 Å². The van der Waals surface area contributed by atoms with Crippen LogP contribution in [-0.2, 0) is 11.3 Å². The van der Waals surface area contributed by atoms with Crippen LogP contribution in [0.25, 0.3) is 27.7 Å². The maximum atomic E-state index is 15.3. The van der Waals surface area contributed by atoms with Crippen molar-refractivity contribution in [2.45, 2.75) is 38.3 Å². The van der Waals surface area contributed by atoms with E-state index in [0.717, 1.165) is 21.3 Å². The van der Waals surface area contributed by atoms with Gasteiger partial charge >= 0.3 is 0 Å². The molecule has 0 saturated carbocycles. The van der Waals surface area contributed by atoms with Gasteiger partial charge in [-0.15, -0.1) is 5.10 Å². The zero-order valence-corrected chi connectivity index (χ0v) is 21.9. The quantitative estimate of drug-likeness (QED) is 0.299. The van der Waals surface area contributed by atoms with E-state index in [0.29, 0.717) is 19.7 Å². The second kappa shape index (κ2) is 10.8. The summed E-state index contributed by atoms with van der Waals surface area (Å²) < 4.78 is 99.1. The molecule has 0 spiro atoms. The van der Waals surface area contributed by atoms with Gasteiger partial charge in [0.25, 0.3) is 12.3 Å². The summed E-state index contributed by atoms with van der Waals surface area (Å²) >= 11 is 0. The number of methoxy groups -OCH3 is 2. The minimum atomic E-state index is -3.11. The summed E-state index contributed by atoms with van der Waals surface area (Å²) in [5, 5.41) is 6.81. The molecule has 1 saturated heterocycles. The number of piperidine rings is 1. The summed E-state index contributed by atoms with van der Waals surface area (Å²) in [6.07, 6.45) is -1.65. The zero-order valence-electron chi connectivity index (χ0n) is 21.9. The van der Waals surface area contributed by atoms with Crippen LogP contribution in [0.2, 0.25) is 0 Å². The highest BCUT2D eigenvalue weighted by molar-refractivity contribution is 5.90. The largest absolute Gasteiger partial charge is 0.479 e. The standard InChI is InChI=1S/C25H27F6N7O2/c1-13-32-21-15(26)8-14(9-17(21)37(13)11-19(28)29)20-16(27)10-38-22(20)23(40-3)34-24(35-38)33-18-4-5-36(6-7-39-2)12-25(18,30)31/h8-10,18-19H,4-7,11-12H2,1-3H3,(H,33,35). The van der Waals surface area contributed by atoms with Crippen molar-refractivity contribution in [3.8, 4) is 17.0 Å². The number of nitrogens with one attached hydrogen (secondary N) is 1. The summed E-state index contributed by atoms with van der Waals surface area (Å²) in [6.45, 7) is 1.36. The van der Waals surface area contributed by atoms with E-state index in [1.54, 1.807) is 4.90 Å². The molecule has 4 aromatic rings. The summed E-state index contributed by atoms with van der Waals surface area (Å²) in [5.74, 6) is -4.98. The molecule has 1 fully saturated rings. The Kier molecular flexibility index (Phi) is 7.52. The van der Waals surface area contributed by atoms with E-state index in [1.807, 2.05) is 0 Å². The Balaban J connectivity index is 1.52. The predicted molar refractivity (Wildman–Crippen MR) is 134 cm³/mol. The van der Waals surface area contributed by atoms with Crippen molar-refractivity contribution >= 4 is 22.5 Å². The third-order valence-electron chi connectivity index (χ3n) is 6.95. The number of nitrogens with zero attached hydrogens (tertiary/aromatic N) is 6. The number of fused-ring (bicyclic) bond motifs is 2. The number of imidazole rings is 1. The van der Waals surface area contributed by atoms with Crippen LogP contribution in [0.15, 0.2) is 18.3 Å². The van der Waals surface area contributed by atoms with E-state index in [2.05, 4.69) is 20.4 Å². The van der Waals surface area contributed by atoms with Crippen LogP contribution in [0, 0.1) is 18.6 Å². The van der Waals surface area contributed by atoms with Gasteiger partial charge in [0.2, 0.25) is 11.8 Å². The minimum Gasteiger partial charge on any atom is -0.479 e. The molecule has 0 bridgehead atoms. The lowest BCUT2D eigenvalue weighted by molar-refractivity contribution is -0.0770. The number of ether oxygens (including phenoxy) is 2. The van der Waals surface area contributed by atoms with Gasteiger partial charge in [0.15, 0.2) is 11.6 Å². The fourth-order valence-electron chi connectivity index (χ4n) is 5.06. The molecule has 0 aliphatic carbocycles. The zero-order chi connectivity index (χ0) is 28.8. The minimum absolute atomic E-state index is 0.00194. The molecule has 1 aromatic carbocycles. The third kappa shape index (κ3) is 5.14. The van der Waals surface area contributed by atoms with E-state index in [9.17, 15) is 17.6 Å². The fraction of sp³-hybridized carbons (Fsp3) is 0.480. The van der Waals surface area contributed by atoms with Crippen LogP contribution < -0.4 is 10.1 Å². The Morgan fingerprint density at radius 2 is 1.93 bits per heavy atom. The van der Waals surface area contributed by atoms with Gasteiger partial charge in [-0.1, -0.05) is 0 Å². The number of hydrogen-bond donors (Lipinski definition) is 1. The van der Waals surface area contributed by atoms with Crippen molar-refractivity contribution in [1.29, 1.82) is 0 Å². The molecule has 3 aromatic heterocycles. The Morgan fingerprint density at radius 3 is 2.60 bits per heavy atom. The van der Waals surface area contributed by atoms with Crippen LogP contribution in [0.3, 0.4) is 0 Å². The summed E-state index contributed by atoms with van der Waals surface area (Å²) in [5.41, 5.74) is -0.206. The molecular formula is C25H27F6N7O2. The molecule has 9 nitrogen and oxygen atoms in total. The maximum absolute atomic E-state index is 15.3. The van der Waals surface area contributed by atoms with E-state index in [-0.39, 0.29) is 51.8 Å². The number of halogens is 6. The average molecular weight is 572 g/mol. The van der Waals surface area contributed by atoms with Crippen molar-refractivity contribution in [2.75, 3.05) is 45.8 Å². The highest BCUT2D eigenvalue weighted by atomic mass is 19.3. The third-order valence-corrected chi connectivity index (χ3v) is 6.95. The average Bonchev–Trinajstić information content (AvgIpc) is 3.39. The number of rotatable bonds is 9. The Morgan fingerprint density at radius 1 is 1.15 bits per heavy atom. The summed E-state index contributed by atoms with van der Waals surface area (Å²) in [6, 6.07) is 1.09. The number of benzene rings is 1. The van der Waals surface area contributed by atoms with E-state index < -0.39 is 43.1 Å². The van der Waals surface area contributed by atoms with Crippen molar-refractivity contribution in [1.82, 2.24) is 29.0 Å². The van der Waals surface area contributed by atoms with Crippen LogP contribution >= 0.6 is 0 Å². The van der Waals surface area contributed by atoms with Crippen molar-refractivity contribution < 1.29 is 35.8 Å². The monoisotopic (exact) mass is 571 g/mol. The summed E-state index contributed by atoms with van der Waals surface area (Å²) in [4.78, 5) is 9.82.